The lowest BCUT2D eigenvalue weighted by molar-refractivity contribution is -0.159. The van der Waals surface area contributed by atoms with Gasteiger partial charge in [-0.2, -0.15) is 0 Å². The number of aliphatic carboxylic acids is 2. The zero-order valence-electron chi connectivity index (χ0n) is 18.4. The molecule has 1 aliphatic rings. The van der Waals surface area contributed by atoms with Crippen molar-refractivity contribution in [2.45, 2.75) is 12.5 Å². The average Bonchev–Trinajstić information content (AvgIpc) is 3.27. The molecule has 1 amide bonds. The predicted octanol–water partition coefficient (Wildman–Crippen LogP) is 0.408. The third-order valence-electron chi connectivity index (χ3n) is 4.49. The van der Waals surface area contributed by atoms with E-state index in [1.807, 2.05) is 30.1 Å². The van der Waals surface area contributed by atoms with E-state index in [1.54, 1.807) is 30.9 Å². The smallest absolute Gasteiger partial charge is 0.414 e. The maximum Gasteiger partial charge on any atom is 0.414 e. The van der Waals surface area contributed by atoms with Gasteiger partial charge in [-0.3, -0.25) is 9.69 Å². The van der Waals surface area contributed by atoms with Crippen molar-refractivity contribution in [2.75, 3.05) is 53.1 Å². The van der Waals surface area contributed by atoms with Crippen LogP contribution in [0, 0.1) is 0 Å². The van der Waals surface area contributed by atoms with Crippen LogP contribution in [0.15, 0.2) is 18.2 Å². The van der Waals surface area contributed by atoms with Crippen LogP contribution >= 0.6 is 11.8 Å². The van der Waals surface area contributed by atoms with Crippen LogP contribution in [-0.2, 0) is 30.3 Å². The van der Waals surface area contributed by atoms with Gasteiger partial charge >= 0.3 is 17.9 Å². The van der Waals surface area contributed by atoms with Gasteiger partial charge in [0.1, 0.15) is 6.04 Å². The highest BCUT2D eigenvalue weighted by Gasteiger charge is 2.35. The van der Waals surface area contributed by atoms with Crippen molar-refractivity contribution < 1.29 is 43.6 Å². The number of esters is 1. The Kier molecular flexibility index (Phi) is 11.3. The van der Waals surface area contributed by atoms with E-state index in [0.29, 0.717) is 29.7 Å². The molecule has 2 N–H and O–H groups in total. The highest BCUT2D eigenvalue weighted by molar-refractivity contribution is 7.99. The molecule has 0 saturated carbocycles. The molecule has 0 bridgehead atoms. The molecule has 32 heavy (non-hydrogen) atoms. The van der Waals surface area contributed by atoms with E-state index in [4.69, 9.17) is 34.0 Å². The number of thioether (sulfide) groups is 1. The molecule has 1 aromatic rings. The largest absolute Gasteiger partial charge is 0.493 e. The third kappa shape index (κ3) is 8.27. The first-order valence-corrected chi connectivity index (χ1v) is 10.6. The van der Waals surface area contributed by atoms with Crippen LogP contribution in [0.5, 0.6) is 11.5 Å². The van der Waals surface area contributed by atoms with Crippen LogP contribution in [0.25, 0.3) is 0 Å². The van der Waals surface area contributed by atoms with Gasteiger partial charge in [-0.05, 0) is 31.2 Å². The number of nitrogens with zero attached hydrogens (tertiary/aromatic N) is 2. The number of carboxylic acids is 2. The SMILES string of the molecule is COC(=O)C1CSCN1C(=O)CN(C)CCc1ccc(OC)c(OC)c1.O=C(O)C(=O)O. The zero-order valence-corrected chi connectivity index (χ0v) is 19.2. The van der Waals surface area contributed by atoms with E-state index in [-0.39, 0.29) is 18.4 Å². The van der Waals surface area contributed by atoms with Crippen molar-refractivity contribution in [3.8, 4) is 11.5 Å². The summed E-state index contributed by atoms with van der Waals surface area (Å²) >= 11 is 1.57. The summed E-state index contributed by atoms with van der Waals surface area (Å²) in [6.45, 7) is 0.979. The normalized spacial score (nSPS) is 14.9. The lowest BCUT2D eigenvalue weighted by atomic mass is 10.1. The Balaban J connectivity index is 0.000000751. The Labute approximate surface area is 190 Å². The number of hydrogen-bond acceptors (Lipinski definition) is 9. The van der Waals surface area contributed by atoms with Gasteiger partial charge in [0.15, 0.2) is 11.5 Å². The van der Waals surface area contributed by atoms with Gasteiger partial charge in [0.2, 0.25) is 5.91 Å². The summed E-state index contributed by atoms with van der Waals surface area (Å²) < 4.78 is 15.3. The van der Waals surface area contributed by atoms with Gasteiger partial charge in [0.05, 0.1) is 33.8 Å². The van der Waals surface area contributed by atoms with Crippen LogP contribution in [0.3, 0.4) is 0 Å². The maximum atomic E-state index is 12.5. The molecule has 1 unspecified atom stereocenters. The Morgan fingerprint density at radius 1 is 1.09 bits per heavy atom. The second kappa shape index (κ2) is 13.4. The molecule has 0 spiro atoms. The number of carbonyl (C=O) groups is 4. The topological polar surface area (TPSA) is 143 Å². The van der Waals surface area contributed by atoms with E-state index in [0.717, 1.165) is 12.0 Å². The third-order valence-corrected chi connectivity index (χ3v) is 5.51. The van der Waals surface area contributed by atoms with E-state index >= 15 is 0 Å². The summed E-state index contributed by atoms with van der Waals surface area (Å²) in [4.78, 5) is 46.0. The summed E-state index contributed by atoms with van der Waals surface area (Å²) in [5, 5.41) is 14.8. The van der Waals surface area contributed by atoms with Crippen LogP contribution in [-0.4, -0.2) is 103 Å². The minimum absolute atomic E-state index is 0.0554. The van der Waals surface area contributed by atoms with Crippen LogP contribution in [0.2, 0.25) is 0 Å². The molecule has 0 aliphatic carbocycles. The molecule has 1 aliphatic heterocycles. The first-order valence-electron chi connectivity index (χ1n) is 9.45. The van der Waals surface area contributed by atoms with E-state index in [9.17, 15) is 9.59 Å². The molecule has 12 heteroatoms. The lowest BCUT2D eigenvalue weighted by Crippen LogP contribution is -2.46. The number of amides is 1. The average molecular weight is 473 g/mol. The summed E-state index contributed by atoms with van der Waals surface area (Å²) in [6.07, 6.45) is 0.777. The number of methoxy groups -OCH3 is 3. The Morgan fingerprint density at radius 2 is 1.72 bits per heavy atom. The van der Waals surface area contributed by atoms with Crippen molar-refractivity contribution >= 4 is 35.6 Å². The molecular weight excluding hydrogens is 444 g/mol. The summed E-state index contributed by atoms with van der Waals surface area (Å²) in [6, 6.07) is 5.33. The second-order valence-corrected chi connectivity index (χ2v) is 7.69. The number of hydrogen-bond donors (Lipinski definition) is 2. The standard InChI is InChI=1S/C18H26N2O5S.C2H2O4/c1-19(8-7-13-5-6-15(23-2)16(9-13)24-3)10-17(21)20-12-26-11-14(20)18(22)25-4;3-1(4)2(5)6/h5-6,9,14H,7-8,10-12H2,1-4H3;(H,3,4)(H,5,6). The first kappa shape index (κ1) is 27.0. The fraction of sp³-hybridized carbons (Fsp3) is 0.500. The second-order valence-electron chi connectivity index (χ2n) is 6.69. The predicted molar refractivity (Wildman–Crippen MR) is 116 cm³/mol. The van der Waals surface area contributed by atoms with Gasteiger partial charge in [0, 0.05) is 12.3 Å². The van der Waals surface area contributed by atoms with Crippen molar-refractivity contribution in [1.82, 2.24) is 9.80 Å². The molecular formula is C20H28N2O9S. The maximum absolute atomic E-state index is 12.5. The zero-order chi connectivity index (χ0) is 24.3. The van der Waals surface area contributed by atoms with Gasteiger partial charge in [-0.25, -0.2) is 14.4 Å². The number of likely N-dealkylation sites (N-methyl/N-ethyl adjacent to an activating group) is 1. The molecule has 1 heterocycles. The van der Waals surface area contributed by atoms with Gasteiger partial charge in [-0.1, -0.05) is 6.07 Å². The van der Waals surface area contributed by atoms with Crippen molar-refractivity contribution in [1.29, 1.82) is 0 Å². The quantitative estimate of drug-likeness (QED) is 0.401. The van der Waals surface area contributed by atoms with Crippen LogP contribution < -0.4 is 9.47 Å². The molecule has 1 saturated heterocycles. The van der Waals surface area contributed by atoms with Crippen LogP contribution in [0.1, 0.15) is 5.56 Å². The highest BCUT2D eigenvalue weighted by Crippen LogP contribution is 2.27. The number of benzene rings is 1. The van der Waals surface area contributed by atoms with Crippen molar-refractivity contribution in [2.24, 2.45) is 0 Å². The minimum atomic E-state index is -1.82. The fourth-order valence-corrected chi connectivity index (χ4v) is 3.94. The van der Waals surface area contributed by atoms with Gasteiger partial charge in [-0.15, -0.1) is 11.8 Å². The monoisotopic (exact) mass is 472 g/mol. The molecule has 1 fully saturated rings. The number of carboxylic acid groups (broad SMARTS) is 2. The fourth-order valence-electron chi connectivity index (χ4n) is 2.78. The van der Waals surface area contributed by atoms with Crippen molar-refractivity contribution in [3.63, 3.8) is 0 Å². The molecule has 11 nitrogen and oxygen atoms in total. The van der Waals surface area contributed by atoms with E-state index in [1.165, 1.54) is 7.11 Å². The summed E-state index contributed by atoms with van der Waals surface area (Å²) in [5.74, 6) is -1.55. The number of ether oxygens (including phenoxy) is 3. The molecule has 2 rings (SSSR count). The number of carbonyl (C=O) groups excluding carboxylic acids is 2. The number of rotatable bonds is 8. The Morgan fingerprint density at radius 3 is 2.25 bits per heavy atom. The summed E-state index contributed by atoms with van der Waals surface area (Å²) in [5.41, 5.74) is 1.10. The van der Waals surface area contributed by atoms with E-state index < -0.39 is 18.0 Å². The Bertz CT molecular complexity index is 806. The molecule has 1 atom stereocenters. The minimum Gasteiger partial charge on any atom is -0.493 e. The Hall–Kier alpha value is -2.99. The lowest BCUT2D eigenvalue weighted by Gasteiger charge is -2.24. The van der Waals surface area contributed by atoms with Gasteiger partial charge in [0.25, 0.3) is 0 Å². The summed E-state index contributed by atoms with van der Waals surface area (Å²) in [7, 11) is 6.46. The molecule has 178 valence electrons. The molecule has 0 aromatic heterocycles. The van der Waals surface area contributed by atoms with Crippen LogP contribution in [0.4, 0.5) is 0 Å². The van der Waals surface area contributed by atoms with E-state index in [2.05, 4.69) is 0 Å². The first-order chi connectivity index (χ1) is 15.1. The molecule has 1 aromatic carbocycles. The molecule has 0 radical (unpaired) electrons. The highest BCUT2D eigenvalue weighted by atomic mass is 32.2. The van der Waals surface area contributed by atoms with Crippen molar-refractivity contribution in [3.05, 3.63) is 23.8 Å². The van der Waals surface area contributed by atoms with Gasteiger partial charge < -0.3 is 29.3 Å².